The third-order valence-electron chi connectivity index (χ3n) is 5.04. The van der Waals surface area contributed by atoms with Gasteiger partial charge in [0.05, 0.1) is 24.9 Å². The van der Waals surface area contributed by atoms with Gasteiger partial charge in [-0.15, -0.1) is 0 Å². The lowest BCUT2D eigenvalue weighted by Crippen LogP contribution is -2.44. The van der Waals surface area contributed by atoms with Crippen LogP contribution in [0.1, 0.15) is 13.3 Å². The number of aliphatic imine (C=N–C) groups is 1. The molecule has 9 nitrogen and oxygen atoms in total. The molecule has 0 spiro atoms. The second kappa shape index (κ2) is 8.39. The van der Waals surface area contributed by atoms with Gasteiger partial charge in [-0.05, 0) is 31.7 Å². The molecule has 4 heterocycles. The summed E-state index contributed by atoms with van der Waals surface area (Å²) >= 11 is 0. The van der Waals surface area contributed by atoms with Crippen molar-refractivity contribution in [1.29, 1.82) is 0 Å². The van der Waals surface area contributed by atoms with Crippen LogP contribution in [0, 0.1) is 0 Å². The molecule has 1 aromatic rings. The minimum absolute atomic E-state index is 0.0491. The van der Waals surface area contributed by atoms with Gasteiger partial charge in [0.1, 0.15) is 12.2 Å². The van der Waals surface area contributed by atoms with Crippen LogP contribution in [0.25, 0.3) is 0 Å². The van der Waals surface area contributed by atoms with Crippen LogP contribution in [-0.2, 0) is 4.74 Å². The topological polar surface area (TPSA) is 86.2 Å². The van der Waals surface area contributed by atoms with Crippen molar-refractivity contribution < 1.29 is 9.53 Å². The molecule has 2 bridgehead atoms. The number of nitrogens with one attached hydrogen (secondary N) is 1. The lowest BCUT2D eigenvalue weighted by Gasteiger charge is -2.33. The highest BCUT2D eigenvalue weighted by Gasteiger charge is 2.30. The summed E-state index contributed by atoms with van der Waals surface area (Å²) in [5.41, 5.74) is 0. The lowest BCUT2D eigenvalue weighted by molar-refractivity contribution is -0.00618. The Hall–Kier alpha value is -2.94. The molecule has 2 saturated heterocycles. The highest BCUT2D eigenvalue weighted by Crippen LogP contribution is 2.19. The molecule has 0 radical (unpaired) electrons. The van der Waals surface area contributed by atoms with Gasteiger partial charge in [-0.25, -0.2) is 14.8 Å². The number of aromatic nitrogens is 2. The van der Waals surface area contributed by atoms with E-state index in [0.717, 1.165) is 38.4 Å². The maximum atomic E-state index is 12.9. The number of morpholine rings is 1. The fraction of sp³-hybridized carbons (Fsp3) is 0.474. The average Bonchev–Trinajstić information content (AvgIpc) is 3.15. The van der Waals surface area contributed by atoms with Crippen molar-refractivity contribution in [2.75, 3.05) is 38.1 Å². The van der Waals surface area contributed by atoms with E-state index in [-0.39, 0.29) is 18.2 Å². The molecule has 1 aromatic heterocycles. The molecular weight excluding hydrogens is 358 g/mol. The Morgan fingerprint density at radius 3 is 3.04 bits per heavy atom. The first kappa shape index (κ1) is 18.4. The molecule has 2 amide bonds. The van der Waals surface area contributed by atoms with Crippen LogP contribution in [0.2, 0.25) is 0 Å². The summed E-state index contributed by atoms with van der Waals surface area (Å²) in [4.78, 5) is 31.8. The number of hydrogen-bond acceptors (Lipinski definition) is 7. The number of allylic oxidation sites excluding steroid dienone is 2. The number of fused-ring (bicyclic) bond motifs is 2. The zero-order chi connectivity index (χ0) is 19.3. The van der Waals surface area contributed by atoms with Gasteiger partial charge in [-0.1, -0.05) is 0 Å². The SMILES string of the molecule is C[C@H]1CN(C2=CC=CN3CC[C@@H](C3)N(C(=O)Nc3cnccn3)C=N2)CCO1. The van der Waals surface area contributed by atoms with E-state index in [1.807, 2.05) is 12.2 Å². The third kappa shape index (κ3) is 4.30. The van der Waals surface area contributed by atoms with E-state index in [4.69, 9.17) is 4.74 Å². The van der Waals surface area contributed by atoms with Crippen molar-refractivity contribution >= 4 is 18.2 Å². The molecule has 3 aliphatic rings. The van der Waals surface area contributed by atoms with Crippen molar-refractivity contribution in [3.05, 3.63) is 42.8 Å². The highest BCUT2D eigenvalue weighted by atomic mass is 16.5. The highest BCUT2D eigenvalue weighted by molar-refractivity contribution is 5.96. The summed E-state index contributed by atoms with van der Waals surface area (Å²) in [6, 6.07) is -0.205. The number of nitrogens with zero attached hydrogens (tertiary/aromatic N) is 6. The van der Waals surface area contributed by atoms with Crippen LogP contribution in [-0.4, -0.2) is 82.0 Å². The van der Waals surface area contributed by atoms with Gasteiger partial charge in [-0.3, -0.25) is 15.2 Å². The molecule has 148 valence electrons. The Labute approximate surface area is 164 Å². The minimum Gasteiger partial charge on any atom is -0.375 e. The molecule has 3 aliphatic heterocycles. The van der Waals surface area contributed by atoms with E-state index in [0.29, 0.717) is 12.4 Å². The Morgan fingerprint density at radius 1 is 1.29 bits per heavy atom. The second-order valence-corrected chi connectivity index (χ2v) is 7.10. The van der Waals surface area contributed by atoms with Gasteiger partial charge in [0.2, 0.25) is 0 Å². The second-order valence-electron chi connectivity index (χ2n) is 7.10. The molecule has 0 aliphatic carbocycles. The number of urea groups is 1. The standard InChI is InChI=1S/C19H25N7O2/c1-15-12-25(9-10-28-15)18-3-2-7-24-8-4-16(13-24)26(14-22-18)19(27)23-17-11-20-5-6-21-17/h2-3,5-7,11,14-16H,4,8-10,12-13H2,1H3,(H,21,23,27)/t15-,16-/m0/s1. The largest absolute Gasteiger partial charge is 0.375 e. The summed E-state index contributed by atoms with van der Waals surface area (Å²) in [7, 11) is 0. The zero-order valence-corrected chi connectivity index (χ0v) is 15.9. The first-order valence-electron chi connectivity index (χ1n) is 9.57. The van der Waals surface area contributed by atoms with Crippen LogP contribution in [0.3, 0.4) is 0 Å². The molecule has 0 saturated carbocycles. The van der Waals surface area contributed by atoms with E-state index in [2.05, 4.69) is 43.2 Å². The first-order chi connectivity index (χ1) is 13.7. The number of amides is 2. The van der Waals surface area contributed by atoms with Gasteiger partial charge in [0.15, 0.2) is 5.82 Å². The van der Waals surface area contributed by atoms with Crippen molar-refractivity contribution in [3.8, 4) is 0 Å². The van der Waals surface area contributed by atoms with E-state index in [9.17, 15) is 4.79 Å². The molecule has 2 atom stereocenters. The number of carbonyl (C=O) groups excluding carboxylic acids is 1. The van der Waals surface area contributed by atoms with Crippen molar-refractivity contribution in [2.45, 2.75) is 25.5 Å². The van der Waals surface area contributed by atoms with Crippen molar-refractivity contribution in [1.82, 2.24) is 24.7 Å². The number of rotatable bonds is 2. The number of hydrogen-bond donors (Lipinski definition) is 1. The van der Waals surface area contributed by atoms with Gasteiger partial charge >= 0.3 is 6.03 Å². The monoisotopic (exact) mass is 383 g/mol. The number of ether oxygens (including phenoxy) is 1. The molecule has 28 heavy (non-hydrogen) atoms. The summed E-state index contributed by atoms with van der Waals surface area (Å²) in [6.45, 7) is 5.95. The van der Waals surface area contributed by atoms with Gasteiger partial charge in [0.25, 0.3) is 0 Å². The summed E-state index contributed by atoms with van der Waals surface area (Å²) < 4.78 is 5.63. The van der Waals surface area contributed by atoms with Gasteiger partial charge in [-0.2, -0.15) is 0 Å². The van der Waals surface area contributed by atoms with Crippen LogP contribution >= 0.6 is 0 Å². The minimum atomic E-state index is -0.254. The van der Waals surface area contributed by atoms with Crippen LogP contribution in [0.15, 0.2) is 47.8 Å². The van der Waals surface area contributed by atoms with Crippen molar-refractivity contribution in [2.24, 2.45) is 4.99 Å². The summed E-state index contributed by atoms with van der Waals surface area (Å²) in [6.07, 6.45) is 13.4. The maximum Gasteiger partial charge on any atom is 0.328 e. The first-order valence-corrected chi connectivity index (χ1v) is 9.57. The lowest BCUT2D eigenvalue weighted by atomic mass is 10.2. The Kier molecular flexibility index (Phi) is 5.52. The average molecular weight is 383 g/mol. The van der Waals surface area contributed by atoms with E-state index < -0.39 is 0 Å². The molecule has 0 aromatic carbocycles. The van der Waals surface area contributed by atoms with Crippen LogP contribution in [0.4, 0.5) is 10.6 Å². The molecular formula is C19H25N7O2. The number of carbonyl (C=O) groups is 1. The predicted molar refractivity (Wildman–Crippen MR) is 106 cm³/mol. The Bertz CT molecular complexity index is 780. The maximum absolute atomic E-state index is 12.9. The van der Waals surface area contributed by atoms with Crippen molar-refractivity contribution in [3.63, 3.8) is 0 Å². The normalized spacial score (nSPS) is 24.9. The van der Waals surface area contributed by atoms with Crippen LogP contribution < -0.4 is 5.32 Å². The molecule has 2 fully saturated rings. The molecule has 9 heteroatoms. The molecule has 4 rings (SSSR count). The Morgan fingerprint density at radius 2 is 2.21 bits per heavy atom. The molecule has 1 N–H and O–H groups in total. The van der Waals surface area contributed by atoms with Gasteiger partial charge < -0.3 is 14.5 Å². The van der Waals surface area contributed by atoms with Crippen LogP contribution in [0.5, 0.6) is 0 Å². The fourth-order valence-corrected chi connectivity index (χ4v) is 3.61. The van der Waals surface area contributed by atoms with Gasteiger partial charge in [0, 0.05) is 38.6 Å². The quantitative estimate of drug-likeness (QED) is 0.833. The molecule has 0 unspecified atom stereocenters. The zero-order valence-electron chi connectivity index (χ0n) is 15.9. The number of anilines is 1. The fourth-order valence-electron chi connectivity index (χ4n) is 3.61. The Balaban J connectivity index is 1.57. The summed E-state index contributed by atoms with van der Waals surface area (Å²) in [5, 5.41) is 2.81. The van der Waals surface area contributed by atoms with E-state index in [1.54, 1.807) is 23.6 Å². The predicted octanol–water partition coefficient (Wildman–Crippen LogP) is 1.50. The third-order valence-corrected chi connectivity index (χ3v) is 5.04. The smallest absolute Gasteiger partial charge is 0.328 e. The summed E-state index contributed by atoms with van der Waals surface area (Å²) in [5.74, 6) is 1.25. The van der Waals surface area contributed by atoms with E-state index >= 15 is 0 Å². The van der Waals surface area contributed by atoms with E-state index in [1.165, 1.54) is 6.20 Å².